The first-order valence-electron chi connectivity index (χ1n) is 7.54. The predicted molar refractivity (Wildman–Crippen MR) is 79.7 cm³/mol. The monoisotopic (exact) mass is 312 g/mol. The van der Waals surface area contributed by atoms with Crippen molar-refractivity contribution in [2.45, 2.75) is 26.3 Å². The Kier molecular flexibility index (Phi) is 5.71. The van der Waals surface area contributed by atoms with Gasteiger partial charge in [-0.3, -0.25) is 4.79 Å². The molecule has 1 N–H and O–H groups in total. The molecule has 1 aliphatic rings. The van der Waals surface area contributed by atoms with Crippen LogP contribution in [0.25, 0.3) is 0 Å². The highest BCUT2D eigenvalue weighted by molar-refractivity contribution is 5.77. The van der Waals surface area contributed by atoms with Crippen LogP contribution >= 0.6 is 0 Å². The van der Waals surface area contributed by atoms with Crippen molar-refractivity contribution in [3.05, 3.63) is 29.8 Å². The molecule has 0 aromatic heterocycles. The number of hydrogen-bond donors (Lipinski definition) is 1. The molecule has 1 fully saturated rings. The lowest BCUT2D eigenvalue weighted by Crippen LogP contribution is -2.35. The third kappa shape index (κ3) is 4.66. The van der Waals surface area contributed by atoms with E-state index in [1.165, 1.54) is 6.07 Å². The van der Waals surface area contributed by atoms with E-state index >= 15 is 0 Å². The Morgan fingerprint density at radius 1 is 1.45 bits per heavy atom. The first-order valence-corrected chi connectivity index (χ1v) is 7.54. The van der Waals surface area contributed by atoms with Gasteiger partial charge in [0, 0.05) is 25.2 Å². The Bertz CT molecular complexity index is 523. The summed E-state index contributed by atoms with van der Waals surface area (Å²) in [4.78, 5) is 14.1. The second kappa shape index (κ2) is 7.54. The van der Waals surface area contributed by atoms with Crippen LogP contribution in [-0.2, 0) is 4.79 Å². The second-order valence-corrected chi connectivity index (χ2v) is 5.91. The molecule has 1 saturated heterocycles. The Labute approximate surface area is 129 Å². The highest BCUT2D eigenvalue weighted by Crippen LogP contribution is 2.18. The van der Waals surface area contributed by atoms with Gasteiger partial charge >= 0.3 is 0 Å². The van der Waals surface area contributed by atoms with Crippen LogP contribution in [0.5, 0.6) is 5.75 Å². The minimum atomic E-state index is -0.809. The second-order valence-electron chi connectivity index (χ2n) is 5.91. The molecule has 0 aliphatic carbocycles. The Morgan fingerprint density at radius 2 is 2.23 bits per heavy atom. The Morgan fingerprint density at radius 3 is 2.86 bits per heavy atom. The molecule has 4 nitrogen and oxygen atoms in total. The number of benzene rings is 1. The quantitative estimate of drug-likeness (QED) is 0.875. The smallest absolute Gasteiger partial charge is 0.257 e. The highest BCUT2D eigenvalue weighted by Gasteiger charge is 2.24. The topological polar surface area (TPSA) is 41.6 Å². The number of ether oxygens (including phenoxy) is 1. The zero-order valence-corrected chi connectivity index (χ0v) is 12.9. The molecule has 22 heavy (non-hydrogen) atoms. The number of likely N-dealkylation sites (tertiary alicyclic amines) is 1. The largest absolute Gasteiger partial charge is 0.481 e. The van der Waals surface area contributed by atoms with Crippen LogP contribution in [0.3, 0.4) is 0 Å². The maximum atomic E-state index is 13.3. The summed E-state index contributed by atoms with van der Waals surface area (Å²) in [7, 11) is 0. The number of halogens is 2. The fourth-order valence-corrected chi connectivity index (χ4v) is 2.54. The normalized spacial score (nSPS) is 18.7. The van der Waals surface area contributed by atoms with Gasteiger partial charge in [-0.15, -0.1) is 0 Å². The van der Waals surface area contributed by atoms with E-state index in [1.807, 2.05) is 0 Å². The van der Waals surface area contributed by atoms with Crippen molar-refractivity contribution in [2.24, 2.45) is 5.92 Å². The molecule has 1 amide bonds. The van der Waals surface area contributed by atoms with Gasteiger partial charge in [0.1, 0.15) is 5.82 Å². The number of carbonyl (C=O) groups is 1. The van der Waals surface area contributed by atoms with Gasteiger partial charge in [0.15, 0.2) is 18.2 Å². The molecule has 6 heteroatoms. The number of nitrogens with one attached hydrogen (secondary N) is 1. The van der Waals surface area contributed by atoms with Crippen LogP contribution in [0.4, 0.5) is 8.78 Å². The van der Waals surface area contributed by atoms with Gasteiger partial charge in [-0.05, 0) is 44.9 Å². The van der Waals surface area contributed by atoms with Crippen molar-refractivity contribution in [1.82, 2.24) is 10.2 Å². The standard InChI is InChI=1S/C16H22F2N2O2/c1-11(2)20-6-5-12(9-20)8-19-16(21)10-22-15-4-3-13(17)7-14(15)18/h3-4,7,11-12H,5-6,8-10H2,1-2H3,(H,19,21)/t12-/m1/s1. The maximum absolute atomic E-state index is 13.3. The van der Waals surface area contributed by atoms with Crippen LogP contribution in [0.1, 0.15) is 20.3 Å². The van der Waals surface area contributed by atoms with Crippen molar-refractivity contribution < 1.29 is 18.3 Å². The summed E-state index contributed by atoms with van der Waals surface area (Å²) < 4.78 is 31.2. The molecule has 1 aliphatic heterocycles. The maximum Gasteiger partial charge on any atom is 0.257 e. The molecule has 0 radical (unpaired) electrons. The number of nitrogens with zero attached hydrogens (tertiary/aromatic N) is 1. The van der Waals surface area contributed by atoms with Gasteiger partial charge in [0.25, 0.3) is 5.91 Å². The van der Waals surface area contributed by atoms with Crippen molar-refractivity contribution >= 4 is 5.91 Å². The number of hydrogen-bond acceptors (Lipinski definition) is 3. The molecule has 1 aromatic rings. The van der Waals surface area contributed by atoms with Gasteiger partial charge in [0.05, 0.1) is 0 Å². The average molecular weight is 312 g/mol. The fraction of sp³-hybridized carbons (Fsp3) is 0.562. The lowest BCUT2D eigenvalue weighted by atomic mass is 10.1. The van der Waals surface area contributed by atoms with E-state index in [9.17, 15) is 13.6 Å². The summed E-state index contributed by atoms with van der Waals surface area (Å²) in [5, 5.41) is 2.80. The third-order valence-corrected chi connectivity index (χ3v) is 3.89. The first-order chi connectivity index (χ1) is 10.5. The Hall–Kier alpha value is -1.69. The van der Waals surface area contributed by atoms with Gasteiger partial charge < -0.3 is 15.0 Å². The van der Waals surface area contributed by atoms with Crippen LogP contribution in [-0.4, -0.2) is 43.1 Å². The molecule has 2 rings (SSSR count). The van der Waals surface area contributed by atoms with Crippen LogP contribution in [0.2, 0.25) is 0 Å². The summed E-state index contributed by atoms with van der Waals surface area (Å²) in [6.07, 6.45) is 1.06. The molecular formula is C16H22F2N2O2. The van der Waals surface area contributed by atoms with Crippen molar-refractivity contribution in [3.8, 4) is 5.75 Å². The zero-order valence-electron chi connectivity index (χ0n) is 12.9. The average Bonchev–Trinajstić information content (AvgIpc) is 2.93. The Balaban J connectivity index is 1.70. The van der Waals surface area contributed by atoms with Gasteiger partial charge in [-0.1, -0.05) is 0 Å². The number of carbonyl (C=O) groups excluding carboxylic acids is 1. The van der Waals surface area contributed by atoms with Crippen molar-refractivity contribution in [1.29, 1.82) is 0 Å². The van der Waals surface area contributed by atoms with E-state index in [2.05, 4.69) is 24.1 Å². The molecule has 1 atom stereocenters. The molecule has 1 heterocycles. The van der Waals surface area contributed by atoms with Gasteiger partial charge in [0.2, 0.25) is 0 Å². The lowest BCUT2D eigenvalue weighted by molar-refractivity contribution is -0.123. The molecule has 0 spiro atoms. The molecule has 0 bridgehead atoms. The fourth-order valence-electron chi connectivity index (χ4n) is 2.54. The molecule has 1 aromatic carbocycles. The molecule has 0 saturated carbocycles. The summed E-state index contributed by atoms with van der Waals surface area (Å²) in [5.41, 5.74) is 0. The van der Waals surface area contributed by atoms with Gasteiger partial charge in [-0.25, -0.2) is 8.78 Å². The summed E-state index contributed by atoms with van der Waals surface area (Å²) in [6, 6.07) is 3.52. The van der Waals surface area contributed by atoms with E-state index in [-0.39, 0.29) is 18.3 Å². The molecular weight excluding hydrogens is 290 g/mol. The predicted octanol–water partition coefficient (Wildman–Crippen LogP) is 2.19. The van der Waals surface area contributed by atoms with E-state index < -0.39 is 11.6 Å². The molecule has 0 unspecified atom stereocenters. The van der Waals surface area contributed by atoms with Crippen LogP contribution in [0, 0.1) is 17.6 Å². The summed E-state index contributed by atoms with van der Waals surface area (Å²) in [6.45, 7) is 6.67. The van der Waals surface area contributed by atoms with E-state index in [0.29, 0.717) is 18.5 Å². The lowest BCUT2D eigenvalue weighted by Gasteiger charge is -2.20. The zero-order chi connectivity index (χ0) is 16.1. The third-order valence-electron chi connectivity index (χ3n) is 3.89. The molecule has 122 valence electrons. The van der Waals surface area contributed by atoms with Crippen LogP contribution < -0.4 is 10.1 Å². The van der Waals surface area contributed by atoms with E-state index in [1.54, 1.807) is 0 Å². The minimum Gasteiger partial charge on any atom is -0.481 e. The van der Waals surface area contributed by atoms with Crippen molar-refractivity contribution in [3.63, 3.8) is 0 Å². The summed E-state index contributed by atoms with van der Waals surface area (Å²) in [5.74, 6) is -1.47. The van der Waals surface area contributed by atoms with E-state index in [0.717, 1.165) is 31.6 Å². The summed E-state index contributed by atoms with van der Waals surface area (Å²) >= 11 is 0. The van der Waals surface area contributed by atoms with Gasteiger partial charge in [-0.2, -0.15) is 0 Å². The number of amides is 1. The minimum absolute atomic E-state index is 0.122. The van der Waals surface area contributed by atoms with E-state index in [4.69, 9.17) is 4.74 Å². The first kappa shape index (κ1) is 16.7. The SMILES string of the molecule is CC(C)N1CC[C@H](CNC(=O)COc2ccc(F)cc2F)C1. The number of rotatable bonds is 6. The van der Waals surface area contributed by atoms with Crippen molar-refractivity contribution in [2.75, 3.05) is 26.2 Å². The van der Waals surface area contributed by atoms with Crippen LogP contribution in [0.15, 0.2) is 18.2 Å². The highest BCUT2D eigenvalue weighted by atomic mass is 19.1.